The van der Waals surface area contributed by atoms with Gasteiger partial charge in [0.2, 0.25) is 0 Å². The second-order valence-electron chi connectivity index (χ2n) is 2.40. The Kier molecular flexibility index (Phi) is 1.99. The average Bonchev–Trinajstić information content (AvgIpc) is 2.77. The summed E-state index contributed by atoms with van der Waals surface area (Å²) in [5.74, 6) is 1.64. The number of rotatable bonds is 1. The molecule has 0 atom stereocenters. The zero-order valence-corrected chi connectivity index (χ0v) is 7.08. The van der Waals surface area contributed by atoms with Crippen LogP contribution < -0.4 is 0 Å². The van der Waals surface area contributed by atoms with Crippen molar-refractivity contribution < 1.29 is 9.42 Å². The van der Waals surface area contributed by atoms with E-state index in [0.29, 0.717) is 0 Å². The first kappa shape index (κ1) is 7.60. The number of hydrogen-bond acceptors (Lipinski definition) is 5. The van der Waals surface area contributed by atoms with Crippen LogP contribution in [0, 0.1) is 0 Å². The van der Waals surface area contributed by atoms with Crippen LogP contribution in [0.2, 0.25) is 0 Å². The quantitative estimate of drug-likeness (QED) is 0.626. The average molecular weight is 185 g/mol. The Balaban J connectivity index is 2.09. The molecule has 1 aliphatic rings. The van der Waals surface area contributed by atoms with Crippen molar-refractivity contribution in [3.05, 3.63) is 11.9 Å². The zero-order chi connectivity index (χ0) is 8.39. The summed E-state index contributed by atoms with van der Waals surface area (Å²) in [5, 5.41) is 6.85. The number of hydrogen-bond donors (Lipinski definition) is 0. The highest BCUT2D eigenvalue weighted by Crippen LogP contribution is 2.15. The van der Waals surface area contributed by atoms with E-state index < -0.39 is 0 Å². The molecule has 1 saturated heterocycles. The molecule has 1 fully saturated rings. The maximum atomic E-state index is 11.5. The van der Waals surface area contributed by atoms with E-state index >= 15 is 0 Å². The summed E-state index contributed by atoms with van der Waals surface area (Å²) in [4.78, 5) is 13.2. The predicted molar refractivity (Wildman–Crippen MR) is 42.7 cm³/mol. The molecule has 1 aliphatic heterocycles. The molecule has 1 aromatic heterocycles. The molecule has 1 aromatic rings. The van der Waals surface area contributed by atoms with E-state index in [0.717, 1.165) is 18.2 Å². The zero-order valence-electron chi connectivity index (χ0n) is 6.27. The van der Waals surface area contributed by atoms with Crippen LogP contribution in [0.4, 0.5) is 0 Å². The van der Waals surface area contributed by atoms with Crippen LogP contribution >= 0.6 is 11.8 Å². The summed E-state index contributed by atoms with van der Waals surface area (Å²) >= 11 is 1.73. The van der Waals surface area contributed by atoms with Gasteiger partial charge >= 0.3 is 0 Å². The van der Waals surface area contributed by atoms with Crippen molar-refractivity contribution in [2.45, 2.75) is 0 Å². The van der Waals surface area contributed by atoms with Gasteiger partial charge in [-0.25, -0.2) is 4.63 Å². The summed E-state index contributed by atoms with van der Waals surface area (Å²) in [6, 6.07) is 0. The Bertz CT molecular complexity index is 268. The number of carbonyl (C=O) groups excluding carboxylic acids is 1. The van der Waals surface area contributed by atoms with E-state index in [1.807, 2.05) is 0 Å². The topological polar surface area (TPSA) is 59.2 Å². The van der Waals surface area contributed by atoms with Crippen LogP contribution in [0.5, 0.6) is 0 Å². The van der Waals surface area contributed by atoms with Gasteiger partial charge in [-0.15, -0.1) is 11.8 Å². The highest BCUT2D eigenvalue weighted by Gasteiger charge is 2.21. The first-order chi connectivity index (χ1) is 5.88. The monoisotopic (exact) mass is 185 g/mol. The minimum absolute atomic E-state index is 0.0961. The standard InChI is InChI=1S/C6H7N3O2S/c10-6(5-3-7-11-8-5)9-1-2-12-4-9/h3H,1-2,4H2. The molecular weight excluding hydrogens is 178 g/mol. The third-order valence-corrected chi connectivity index (χ3v) is 2.59. The molecule has 12 heavy (non-hydrogen) atoms. The third kappa shape index (κ3) is 1.29. The fourth-order valence-electron chi connectivity index (χ4n) is 0.995. The van der Waals surface area contributed by atoms with Gasteiger partial charge in [0.1, 0.15) is 6.20 Å². The molecular formula is C6H7N3O2S. The normalized spacial score (nSPS) is 16.8. The summed E-state index contributed by atoms with van der Waals surface area (Å²) in [5.41, 5.74) is 0.289. The molecule has 2 heterocycles. The molecule has 0 radical (unpaired) electrons. The molecule has 0 aromatic carbocycles. The maximum Gasteiger partial charge on any atom is 0.278 e. The Morgan fingerprint density at radius 1 is 1.75 bits per heavy atom. The Morgan fingerprint density at radius 3 is 3.25 bits per heavy atom. The number of amides is 1. The fraction of sp³-hybridized carbons (Fsp3) is 0.500. The molecule has 0 saturated carbocycles. The maximum absolute atomic E-state index is 11.5. The van der Waals surface area contributed by atoms with Crippen LogP contribution in [0.15, 0.2) is 10.8 Å². The third-order valence-electron chi connectivity index (χ3n) is 1.62. The number of thioether (sulfide) groups is 1. The smallest absolute Gasteiger partial charge is 0.278 e. The lowest BCUT2D eigenvalue weighted by molar-refractivity contribution is 0.0791. The molecule has 6 heteroatoms. The summed E-state index contributed by atoms with van der Waals surface area (Å²) in [7, 11) is 0. The summed E-state index contributed by atoms with van der Waals surface area (Å²) in [6.45, 7) is 0.788. The van der Waals surface area contributed by atoms with E-state index in [1.165, 1.54) is 6.20 Å². The molecule has 1 amide bonds. The van der Waals surface area contributed by atoms with Crippen LogP contribution in [-0.2, 0) is 0 Å². The van der Waals surface area contributed by atoms with Crippen molar-refractivity contribution in [2.75, 3.05) is 18.2 Å². The lowest BCUT2D eigenvalue weighted by Crippen LogP contribution is -2.27. The van der Waals surface area contributed by atoms with Crippen molar-refractivity contribution >= 4 is 17.7 Å². The van der Waals surface area contributed by atoms with Crippen LogP contribution in [0.25, 0.3) is 0 Å². The molecule has 0 spiro atoms. The van der Waals surface area contributed by atoms with Crippen LogP contribution in [0.1, 0.15) is 10.5 Å². The minimum atomic E-state index is -0.0961. The van der Waals surface area contributed by atoms with Gasteiger partial charge in [0.25, 0.3) is 5.91 Å². The van der Waals surface area contributed by atoms with Gasteiger partial charge in [0, 0.05) is 12.3 Å². The lowest BCUT2D eigenvalue weighted by Gasteiger charge is -2.10. The van der Waals surface area contributed by atoms with Crippen molar-refractivity contribution in [1.82, 2.24) is 15.2 Å². The van der Waals surface area contributed by atoms with Crippen molar-refractivity contribution in [2.24, 2.45) is 0 Å². The summed E-state index contributed by atoms with van der Waals surface area (Å²) < 4.78 is 4.34. The molecule has 0 aliphatic carbocycles. The molecule has 0 unspecified atom stereocenters. The van der Waals surface area contributed by atoms with E-state index in [2.05, 4.69) is 14.9 Å². The summed E-state index contributed by atoms with van der Waals surface area (Å²) in [6.07, 6.45) is 1.34. The molecule has 0 N–H and O–H groups in total. The van der Waals surface area contributed by atoms with Crippen molar-refractivity contribution in [1.29, 1.82) is 0 Å². The second kappa shape index (κ2) is 3.14. The number of aromatic nitrogens is 2. The highest BCUT2D eigenvalue weighted by molar-refractivity contribution is 7.99. The molecule has 5 nitrogen and oxygen atoms in total. The number of nitrogens with zero attached hydrogens (tertiary/aromatic N) is 3. The van der Waals surface area contributed by atoms with Gasteiger partial charge in [-0.1, -0.05) is 5.16 Å². The molecule has 2 rings (SSSR count). The molecule has 0 bridgehead atoms. The Morgan fingerprint density at radius 2 is 2.67 bits per heavy atom. The van der Waals surface area contributed by atoms with Gasteiger partial charge in [0.15, 0.2) is 5.69 Å². The van der Waals surface area contributed by atoms with Gasteiger partial charge in [0.05, 0.1) is 5.88 Å². The van der Waals surface area contributed by atoms with Gasteiger partial charge in [-0.3, -0.25) is 4.79 Å². The Labute approximate surface area is 73.1 Å². The fourth-order valence-corrected chi connectivity index (χ4v) is 1.94. The first-order valence-corrected chi connectivity index (χ1v) is 4.68. The minimum Gasteiger partial charge on any atom is -0.327 e. The van der Waals surface area contributed by atoms with Crippen LogP contribution in [-0.4, -0.2) is 39.3 Å². The van der Waals surface area contributed by atoms with Crippen LogP contribution in [0.3, 0.4) is 0 Å². The van der Waals surface area contributed by atoms with Crippen molar-refractivity contribution in [3.63, 3.8) is 0 Å². The molecule has 64 valence electrons. The Hall–Kier alpha value is -1.04. The van der Waals surface area contributed by atoms with Gasteiger partial charge in [-0.05, 0) is 5.16 Å². The second-order valence-corrected chi connectivity index (χ2v) is 3.47. The SMILES string of the molecule is O=C(c1cnon1)N1CCSC1. The van der Waals surface area contributed by atoms with E-state index in [1.54, 1.807) is 16.7 Å². The van der Waals surface area contributed by atoms with Gasteiger partial charge < -0.3 is 4.90 Å². The predicted octanol–water partition coefficient (Wildman–Crippen LogP) is 0.216. The number of carbonyl (C=O) groups is 1. The van der Waals surface area contributed by atoms with E-state index in [-0.39, 0.29) is 11.6 Å². The first-order valence-electron chi connectivity index (χ1n) is 3.52. The van der Waals surface area contributed by atoms with Gasteiger partial charge in [-0.2, -0.15) is 0 Å². The lowest BCUT2D eigenvalue weighted by atomic mass is 10.4. The highest BCUT2D eigenvalue weighted by atomic mass is 32.2. The largest absolute Gasteiger partial charge is 0.327 e. The van der Waals surface area contributed by atoms with E-state index in [4.69, 9.17) is 0 Å². The van der Waals surface area contributed by atoms with E-state index in [9.17, 15) is 4.79 Å². The van der Waals surface area contributed by atoms with Crippen molar-refractivity contribution in [3.8, 4) is 0 Å².